The van der Waals surface area contributed by atoms with Gasteiger partial charge >= 0.3 is 0 Å². The Bertz CT molecular complexity index is 1210. The van der Waals surface area contributed by atoms with E-state index in [4.69, 9.17) is 4.74 Å². The Hall–Kier alpha value is -4.12. The molecule has 3 N–H and O–H groups in total. The van der Waals surface area contributed by atoms with Gasteiger partial charge < -0.3 is 25.0 Å². The summed E-state index contributed by atoms with van der Waals surface area (Å²) in [5.74, 6) is 1.19. The lowest BCUT2D eigenvalue weighted by Crippen LogP contribution is -2.11. The molecule has 0 heterocycles. The molecule has 0 aliphatic carbocycles. The van der Waals surface area contributed by atoms with Gasteiger partial charge in [0.15, 0.2) is 11.5 Å². The second-order valence-corrected chi connectivity index (χ2v) is 7.89. The van der Waals surface area contributed by atoms with Crippen molar-refractivity contribution in [1.29, 1.82) is 0 Å². The predicted octanol–water partition coefficient (Wildman–Crippen LogP) is 6.99. The van der Waals surface area contributed by atoms with E-state index in [1.54, 1.807) is 41.3 Å². The number of rotatable bonds is 5. The van der Waals surface area contributed by atoms with Gasteiger partial charge in [0, 0.05) is 5.69 Å². The fourth-order valence-corrected chi connectivity index (χ4v) is 3.53. The highest BCUT2D eigenvalue weighted by atomic mass is 16.5. The molecule has 0 amide bonds. The van der Waals surface area contributed by atoms with Gasteiger partial charge in [0.1, 0.15) is 17.2 Å². The summed E-state index contributed by atoms with van der Waals surface area (Å²) in [5, 5.41) is 31.3. The maximum atomic E-state index is 10.6. The van der Waals surface area contributed by atoms with Gasteiger partial charge in [-0.05, 0) is 98.1 Å². The molecule has 0 aliphatic rings. The van der Waals surface area contributed by atoms with Crippen molar-refractivity contribution in [3.8, 4) is 28.7 Å². The number of aromatic hydroxyl groups is 3. The zero-order valence-electron chi connectivity index (χ0n) is 18.2. The molecule has 4 aromatic rings. The molecule has 0 radical (unpaired) electrons. The van der Waals surface area contributed by atoms with Crippen LogP contribution < -0.4 is 9.64 Å². The number of hydrogen-bond acceptors (Lipinski definition) is 5. The molecule has 162 valence electrons. The first-order chi connectivity index (χ1) is 15.3. The summed E-state index contributed by atoms with van der Waals surface area (Å²) in [4.78, 5) is 1.80. The highest BCUT2D eigenvalue weighted by Crippen LogP contribution is 2.44. The second-order valence-electron chi connectivity index (χ2n) is 7.89. The van der Waals surface area contributed by atoms with Crippen molar-refractivity contribution < 1.29 is 20.1 Å². The van der Waals surface area contributed by atoms with Gasteiger partial charge in [0.2, 0.25) is 0 Å². The number of ether oxygens (including phenoxy) is 1. The van der Waals surface area contributed by atoms with Gasteiger partial charge in [-0.2, -0.15) is 0 Å². The van der Waals surface area contributed by atoms with Crippen LogP contribution in [0.15, 0.2) is 78.9 Å². The molecule has 0 aromatic heterocycles. The molecule has 32 heavy (non-hydrogen) atoms. The van der Waals surface area contributed by atoms with Crippen LogP contribution in [0.2, 0.25) is 0 Å². The lowest BCUT2D eigenvalue weighted by Gasteiger charge is -2.27. The van der Waals surface area contributed by atoms with Crippen molar-refractivity contribution in [3.63, 3.8) is 0 Å². The van der Waals surface area contributed by atoms with Crippen LogP contribution in [0, 0.1) is 20.8 Å². The minimum atomic E-state index is 0.0654. The number of benzene rings is 4. The smallest absolute Gasteiger partial charge is 0.169 e. The molecule has 0 atom stereocenters. The monoisotopic (exact) mass is 427 g/mol. The quantitative estimate of drug-likeness (QED) is 0.320. The minimum Gasteiger partial charge on any atom is -0.506 e. The highest BCUT2D eigenvalue weighted by molar-refractivity contribution is 5.83. The van der Waals surface area contributed by atoms with E-state index >= 15 is 0 Å². The highest BCUT2D eigenvalue weighted by Gasteiger charge is 2.19. The standard InChI is InChI=1S/C27H25NO4/c1-17-4-11-24(29)22(14-17)28(23-15-18(2)5-12-25(23)30)20-7-9-21(10-8-20)32-27-16-19(3)6-13-26(27)31/h4-16,29-31H,1-3H3. The van der Waals surface area contributed by atoms with Crippen molar-refractivity contribution in [1.82, 2.24) is 0 Å². The van der Waals surface area contributed by atoms with E-state index in [-0.39, 0.29) is 17.2 Å². The third-order valence-electron chi connectivity index (χ3n) is 5.18. The van der Waals surface area contributed by atoms with E-state index in [1.165, 1.54) is 0 Å². The van der Waals surface area contributed by atoms with Gasteiger partial charge in [-0.25, -0.2) is 0 Å². The third-order valence-corrected chi connectivity index (χ3v) is 5.18. The number of phenols is 3. The van der Waals surface area contributed by atoms with Crippen LogP contribution in [0.5, 0.6) is 28.7 Å². The van der Waals surface area contributed by atoms with Gasteiger partial charge in [0.05, 0.1) is 11.4 Å². The average molecular weight is 428 g/mol. The first-order valence-electron chi connectivity index (χ1n) is 10.3. The summed E-state index contributed by atoms with van der Waals surface area (Å²) in [6.07, 6.45) is 0. The molecular weight excluding hydrogens is 402 g/mol. The first-order valence-corrected chi connectivity index (χ1v) is 10.3. The van der Waals surface area contributed by atoms with E-state index in [9.17, 15) is 15.3 Å². The Morgan fingerprint density at radius 1 is 0.562 bits per heavy atom. The second kappa shape index (κ2) is 8.55. The van der Waals surface area contributed by atoms with Crippen molar-refractivity contribution in [2.45, 2.75) is 20.8 Å². The number of hydrogen-bond donors (Lipinski definition) is 3. The zero-order valence-corrected chi connectivity index (χ0v) is 18.2. The van der Waals surface area contributed by atoms with E-state index in [0.29, 0.717) is 22.9 Å². The Kier molecular flexibility index (Phi) is 5.65. The normalized spacial score (nSPS) is 10.7. The largest absolute Gasteiger partial charge is 0.506 e. The van der Waals surface area contributed by atoms with Crippen LogP contribution in [-0.4, -0.2) is 15.3 Å². The van der Waals surface area contributed by atoms with E-state index in [2.05, 4.69) is 0 Å². The Balaban J connectivity index is 1.77. The lowest BCUT2D eigenvalue weighted by molar-refractivity contribution is 0.411. The lowest BCUT2D eigenvalue weighted by atomic mass is 10.1. The number of anilines is 3. The van der Waals surface area contributed by atoms with E-state index in [0.717, 1.165) is 22.4 Å². The fraction of sp³-hybridized carbons (Fsp3) is 0.111. The summed E-state index contributed by atoms with van der Waals surface area (Å²) in [7, 11) is 0. The van der Waals surface area contributed by atoms with Crippen LogP contribution in [0.25, 0.3) is 0 Å². The molecule has 4 rings (SSSR count). The van der Waals surface area contributed by atoms with Crippen LogP contribution in [-0.2, 0) is 0 Å². The minimum absolute atomic E-state index is 0.0654. The molecule has 5 nitrogen and oxygen atoms in total. The van der Waals surface area contributed by atoms with Crippen LogP contribution in [0.4, 0.5) is 17.1 Å². The predicted molar refractivity (Wildman–Crippen MR) is 127 cm³/mol. The SMILES string of the molecule is Cc1ccc(O)c(Oc2ccc(N(c3cc(C)ccc3O)c3cc(C)ccc3O)cc2)c1. The summed E-state index contributed by atoms with van der Waals surface area (Å²) in [5.41, 5.74) is 4.76. The summed E-state index contributed by atoms with van der Waals surface area (Å²) < 4.78 is 5.85. The molecule has 4 aromatic carbocycles. The average Bonchev–Trinajstić information content (AvgIpc) is 2.77. The number of nitrogens with zero attached hydrogens (tertiary/aromatic N) is 1. The number of phenolic OH excluding ortho intramolecular Hbond substituents is 3. The zero-order chi connectivity index (χ0) is 22.8. The van der Waals surface area contributed by atoms with Gasteiger partial charge in [0.25, 0.3) is 0 Å². The van der Waals surface area contributed by atoms with Crippen LogP contribution >= 0.6 is 0 Å². The Morgan fingerprint density at radius 2 is 1.03 bits per heavy atom. The molecule has 0 unspecified atom stereocenters. The molecule has 0 bridgehead atoms. The molecular formula is C27H25NO4. The van der Waals surface area contributed by atoms with Crippen LogP contribution in [0.3, 0.4) is 0 Å². The van der Waals surface area contributed by atoms with Crippen LogP contribution in [0.1, 0.15) is 16.7 Å². The van der Waals surface area contributed by atoms with Gasteiger partial charge in [-0.1, -0.05) is 18.2 Å². The molecule has 0 saturated heterocycles. The summed E-state index contributed by atoms with van der Waals surface area (Å²) in [6, 6.07) is 23.1. The van der Waals surface area contributed by atoms with Crippen molar-refractivity contribution in [3.05, 3.63) is 95.6 Å². The molecule has 0 saturated carbocycles. The molecule has 0 spiro atoms. The van der Waals surface area contributed by atoms with Gasteiger partial charge in [-0.15, -0.1) is 0 Å². The van der Waals surface area contributed by atoms with Crippen molar-refractivity contribution >= 4 is 17.1 Å². The third kappa shape index (κ3) is 4.32. The maximum Gasteiger partial charge on any atom is 0.169 e. The molecule has 5 heteroatoms. The summed E-state index contributed by atoms with van der Waals surface area (Å²) >= 11 is 0. The van der Waals surface area contributed by atoms with Crippen molar-refractivity contribution in [2.24, 2.45) is 0 Å². The van der Waals surface area contributed by atoms with E-state index in [1.807, 2.05) is 63.2 Å². The van der Waals surface area contributed by atoms with E-state index < -0.39 is 0 Å². The first kappa shape index (κ1) is 21.1. The Morgan fingerprint density at radius 3 is 1.56 bits per heavy atom. The molecule has 0 fully saturated rings. The Labute approximate surface area is 187 Å². The van der Waals surface area contributed by atoms with Gasteiger partial charge in [-0.3, -0.25) is 0 Å². The van der Waals surface area contributed by atoms with Crippen molar-refractivity contribution in [2.75, 3.05) is 4.90 Å². The maximum absolute atomic E-state index is 10.6. The topological polar surface area (TPSA) is 73.2 Å². The summed E-state index contributed by atoms with van der Waals surface area (Å²) in [6.45, 7) is 5.82. The fourth-order valence-electron chi connectivity index (χ4n) is 3.53. The molecule has 0 aliphatic heterocycles. The number of aryl methyl sites for hydroxylation is 3.